The number of nitrogens with zero attached hydrogens (tertiary/aromatic N) is 1. The number of para-hydroxylation sites is 1. The summed E-state index contributed by atoms with van der Waals surface area (Å²) in [5.41, 5.74) is 1.41. The third-order valence-corrected chi connectivity index (χ3v) is 3.68. The molecule has 0 aliphatic heterocycles. The molecule has 0 spiro atoms. The van der Waals surface area contributed by atoms with Gasteiger partial charge in [-0.1, -0.05) is 26.0 Å². The van der Waals surface area contributed by atoms with Crippen LogP contribution in [0, 0.1) is 17.2 Å². The van der Waals surface area contributed by atoms with Crippen molar-refractivity contribution in [1.29, 1.82) is 5.26 Å². The number of amides is 1. The molecule has 0 heterocycles. The van der Waals surface area contributed by atoms with Crippen molar-refractivity contribution in [1.82, 2.24) is 0 Å². The van der Waals surface area contributed by atoms with Gasteiger partial charge in [0.25, 0.3) is 5.91 Å². The number of ether oxygens (including phenoxy) is 1. The van der Waals surface area contributed by atoms with Gasteiger partial charge in [-0.2, -0.15) is 5.26 Å². The highest BCUT2D eigenvalue weighted by atomic mass is 79.9. The van der Waals surface area contributed by atoms with Crippen molar-refractivity contribution in [3.05, 3.63) is 58.1 Å². The quantitative estimate of drug-likeness (QED) is 0.833. The SMILES string of the molecule is CC(C)COc1ccc(C(=O)Nc2ccccc2C#N)cc1Br. The summed E-state index contributed by atoms with van der Waals surface area (Å²) in [4.78, 5) is 12.3. The molecule has 1 N–H and O–H groups in total. The predicted octanol–water partition coefficient (Wildman–Crippen LogP) is 4.61. The lowest BCUT2D eigenvalue weighted by molar-refractivity contribution is 0.102. The Labute approximate surface area is 144 Å². The van der Waals surface area contributed by atoms with Gasteiger partial charge in [0, 0.05) is 5.56 Å². The Morgan fingerprint density at radius 1 is 1.30 bits per heavy atom. The number of nitrogens with one attached hydrogen (secondary N) is 1. The van der Waals surface area contributed by atoms with Gasteiger partial charge in [0.2, 0.25) is 0 Å². The first-order valence-corrected chi connectivity index (χ1v) is 8.03. The smallest absolute Gasteiger partial charge is 0.255 e. The molecule has 0 aliphatic rings. The lowest BCUT2D eigenvalue weighted by atomic mass is 10.1. The number of rotatable bonds is 5. The highest BCUT2D eigenvalue weighted by Gasteiger charge is 2.11. The number of nitriles is 1. The highest BCUT2D eigenvalue weighted by Crippen LogP contribution is 2.27. The van der Waals surface area contributed by atoms with Gasteiger partial charge in [-0.3, -0.25) is 4.79 Å². The van der Waals surface area contributed by atoms with Gasteiger partial charge in [0.1, 0.15) is 11.8 Å². The first-order chi connectivity index (χ1) is 11.0. The number of hydrogen-bond donors (Lipinski definition) is 1. The van der Waals surface area contributed by atoms with E-state index in [1.165, 1.54) is 0 Å². The van der Waals surface area contributed by atoms with Gasteiger partial charge in [0.15, 0.2) is 0 Å². The summed E-state index contributed by atoms with van der Waals surface area (Å²) in [5.74, 6) is 0.851. The molecule has 1 amide bonds. The van der Waals surface area contributed by atoms with Crippen LogP contribution in [-0.4, -0.2) is 12.5 Å². The van der Waals surface area contributed by atoms with Crippen LogP contribution in [-0.2, 0) is 0 Å². The molecule has 2 aromatic carbocycles. The molecule has 0 fully saturated rings. The Kier molecular flexibility index (Phi) is 5.78. The van der Waals surface area contributed by atoms with Gasteiger partial charge in [0.05, 0.1) is 22.3 Å². The maximum absolute atomic E-state index is 12.3. The monoisotopic (exact) mass is 372 g/mol. The lowest BCUT2D eigenvalue weighted by Crippen LogP contribution is -2.13. The number of hydrogen-bond acceptors (Lipinski definition) is 3. The summed E-state index contributed by atoms with van der Waals surface area (Å²) in [6, 6.07) is 14.1. The number of carbonyl (C=O) groups is 1. The van der Waals surface area contributed by atoms with E-state index in [0.29, 0.717) is 35.1 Å². The molecule has 0 radical (unpaired) electrons. The van der Waals surface area contributed by atoms with Crippen molar-refractivity contribution < 1.29 is 9.53 Å². The van der Waals surface area contributed by atoms with Gasteiger partial charge in [-0.05, 0) is 52.2 Å². The van der Waals surface area contributed by atoms with Crippen molar-refractivity contribution in [3.63, 3.8) is 0 Å². The number of halogens is 1. The maximum Gasteiger partial charge on any atom is 0.255 e. The Morgan fingerprint density at radius 2 is 2.04 bits per heavy atom. The molecule has 4 nitrogen and oxygen atoms in total. The molecule has 0 bridgehead atoms. The molecule has 0 aliphatic carbocycles. The van der Waals surface area contributed by atoms with Crippen molar-refractivity contribution in [2.75, 3.05) is 11.9 Å². The summed E-state index contributed by atoms with van der Waals surface area (Å²) >= 11 is 3.42. The minimum atomic E-state index is -0.274. The van der Waals surface area contributed by atoms with Crippen LogP contribution < -0.4 is 10.1 Å². The van der Waals surface area contributed by atoms with Crippen molar-refractivity contribution in [2.45, 2.75) is 13.8 Å². The molecule has 2 aromatic rings. The van der Waals surface area contributed by atoms with E-state index in [9.17, 15) is 4.79 Å². The van der Waals surface area contributed by atoms with Crippen molar-refractivity contribution in [2.24, 2.45) is 5.92 Å². The molecule has 0 saturated carbocycles. The first-order valence-electron chi connectivity index (χ1n) is 7.24. The fourth-order valence-corrected chi connectivity index (χ4v) is 2.39. The van der Waals surface area contributed by atoms with Crippen LogP contribution in [0.3, 0.4) is 0 Å². The van der Waals surface area contributed by atoms with E-state index in [1.807, 2.05) is 0 Å². The van der Waals surface area contributed by atoms with E-state index in [0.717, 1.165) is 4.47 Å². The van der Waals surface area contributed by atoms with Crippen LogP contribution in [0.25, 0.3) is 0 Å². The summed E-state index contributed by atoms with van der Waals surface area (Å²) in [6.45, 7) is 4.75. The molecule has 0 aromatic heterocycles. The molecule has 118 valence electrons. The van der Waals surface area contributed by atoms with Crippen molar-refractivity contribution in [3.8, 4) is 11.8 Å². The fraction of sp³-hybridized carbons (Fsp3) is 0.222. The van der Waals surface area contributed by atoms with Gasteiger partial charge < -0.3 is 10.1 Å². The second-order valence-electron chi connectivity index (χ2n) is 5.46. The van der Waals surface area contributed by atoms with Crippen LogP contribution in [0.2, 0.25) is 0 Å². The van der Waals surface area contributed by atoms with Gasteiger partial charge in [-0.25, -0.2) is 0 Å². The largest absolute Gasteiger partial charge is 0.492 e. The summed E-state index contributed by atoms with van der Waals surface area (Å²) in [5, 5.41) is 11.8. The second kappa shape index (κ2) is 7.80. The average molecular weight is 373 g/mol. The zero-order valence-electron chi connectivity index (χ0n) is 13.0. The van der Waals surface area contributed by atoms with Crippen LogP contribution >= 0.6 is 15.9 Å². The third kappa shape index (κ3) is 4.57. The predicted molar refractivity (Wildman–Crippen MR) is 93.6 cm³/mol. The first kappa shape index (κ1) is 17.0. The molecule has 0 saturated heterocycles. The van der Waals surface area contributed by atoms with Crippen LogP contribution in [0.1, 0.15) is 29.8 Å². The standard InChI is InChI=1S/C18H17BrN2O2/c1-12(2)11-23-17-8-7-13(9-15(17)19)18(22)21-16-6-4-3-5-14(16)10-20/h3-9,12H,11H2,1-2H3,(H,21,22). The fourth-order valence-electron chi connectivity index (χ4n) is 1.90. The summed E-state index contributed by atoms with van der Waals surface area (Å²) < 4.78 is 6.39. The molecular formula is C18H17BrN2O2. The van der Waals surface area contributed by atoms with E-state index in [-0.39, 0.29) is 5.91 Å². The van der Waals surface area contributed by atoms with Crippen LogP contribution in [0.5, 0.6) is 5.75 Å². The van der Waals surface area contributed by atoms with Crippen molar-refractivity contribution >= 4 is 27.5 Å². The summed E-state index contributed by atoms with van der Waals surface area (Å²) in [6.07, 6.45) is 0. The van der Waals surface area contributed by atoms with E-state index < -0.39 is 0 Å². The van der Waals surface area contributed by atoms with Gasteiger partial charge in [-0.15, -0.1) is 0 Å². The second-order valence-corrected chi connectivity index (χ2v) is 6.32. The molecule has 23 heavy (non-hydrogen) atoms. The minimum absolute atomic E-state index is 0.274. The Morgan fingerprint density at radius 3 is 2.70 bits per heavy atom. The van der Waals surface area contributed by atoms with E-state index in [4.69, 9.17) is 10.00 Å². The molecule has 5 heteroatoms. The average Bonchev–Trinajstić information content (AvgIpc) is 2.54. The highest BCUT2D eigenvalue weighted by molar-refractivity contribution is 9.10. The minimum Gasteiger partial charge on any atom is -0.492 e. The zero-order chi connectivity index (χ0) is 16.8. The van der Waals surface area contributed by atoms with Crippen LogP contribution in [0.4, 0.5) is 5.69 Å². The topological polar surface area (TPSA) is 62.1 Å². The molecular weight excluding hydrogens is 356 g/mol. The molecule has 0 atom stereocenters. The zero-order valence-corrected chi connectivity index (χ0v) is 14.6. The lowest BCUT2D eigenvalue weighted by Gasteiger charge is -2.12. The van der Waals surface area contributed by atoms with E-state index in [1.54, 1.807) is 42.5 Å². The Hall–Kier alpha value is -2.32. The molecule has 2 rings (SSSR count). The normalized spacial score (nSPS) is 10.2. The van der Waals surface area contributed by atoms with Crippen LogP contribution in [0.15, 0.2) is 46.9 Å². The number of anilines is 1. The number of benzene rings is 2. The van der Waals surface area contributed by atoms with E-state index >= 15 is 0 Å². The maximum atomic E-state index is 12.3. The van der Waals surface area contributed by atoms with Gasteiger partial charge >= 0.3 is 0 Å². The molecule has 0 unspecified atom stereocenters. The summed E-state index contributed by atoms with van der Waals surface area (Å²) in [7, 11) is 0. The Balaban J connectivity index is 2.14. The number of carbonyl (C=O) groups excluding carboxylic acids is 1. The van der Waals surface area contributed by atoms with E-state index in [2.05, 4.69) is 41.2 Å². The Bertz CT molecular complexity index is 751. The third-order valence-electron chi connectivity index (χ3n) is 3.06.